The molecule has 0 spiro atoms. The number of aromatic nitrogens is 1. The van der Waals surface area contributed by atoms with Gasteiger partial charge in [0.2, 0.25) is 0 Å². The van der Waals surface area contributed by atoms with Crippen LogP contribution in [0.2, 0.25) is 0 Å². The molecule has 1 heterocycles. The molecule has 2 rings (SSSR count). The van der Waals surface area contributed by atoms with Crippen LogP contribution in [0.1, 0.15) is 24.1 Å². The van der Waals surface area contributed by atoms with Gasteiger partial charge in [0.05, 0.1) is 12.3 Å². The van der Waals surface area contributed by atoms with Gasteiger partial charge in [-0.25, -0.2) is 0 Å². The maximum atomic E-state index is 5.71. The van der Waals surface area contributed by atoms with Crippen LogP contribution in [0.4, 0.5) is 0 Å². The van der Waals surface area contributed by atoms with E-state index in [0.29, 0.717) is 6.54 Å². The molecule has 2 N–H and O–H groups in total. The Hall–Kier alpha value is -0.970. The second kappa shape index (κ2) is 6.83. The highest BCUT2D eigenvalue weighted by Gasteiger charge is 2.20. The van der Waals surface area contributed by atoms with Crippen molar-refractivity contribution < 1.29 is 4.74 Å². The third kappa shape index (κ3) is 4.37. The lowest BCUT2D eigenvalue weighted by atomic mass is 10.2. The van der Waals surface area contributed by atoms with Gasteiger partial charge in [-0.05, 0) is 37.4 Å². The standard InChI is InChI=1S/C14H23N3O/c1-17(7-8-18-11-12-4-5-12)10-14-13(9-15)3-2-6-16-14/h2-3,6,12H,4-5,7-11,15H2,1H3. The Labute approximate surface area is 109 Å². The van der Waals surface area contributed by atoms with Gasteiger partial charge in [0.15, 0.2) is 0 Å². The molecule has 0 amide bonds. The highest BCUT2D eigenvalue weighted by Crippen LogP contribution is 2.28. The summed E-state index contributed by atoms with van der Waals surface area (Å²) in [6.45, 7) is 4.06. The molecule has 100 valence electrons. The van der Waals surface area contributed by atoms with Crippen LogP contribution < -0.4 is 5.73 Å². The molecule has 4 nitrogen and oxygen atoms in total. The first-order valence-corrected chi connectivity index (χ1v) is 6.68. The summed E-state index contributed by atoms with van der Waals surface area (Å²) < 4.78 is 5.64. The van der Waals surface area contributed by atoms with Crippen LogP contribution in [0.3, 0.4) is 0 Å². The predicted molar refractivity (Wildman–Crippen MR) is 72.0 cm³/mol. The number of nitrogens with two attached hydrogens (primary N) is 1. The average Bonchev–Trinajstić information content (AvgIpc) is 3.19. The molecule has 0 aromatic carbocycles. The number of ether oxygens (including phenoxy) is 1. The van der Waals surface area contributed by atoms with Crippen molar-refractivity contribution in [3.05, 3.63) is 29.6 Å². The summed E-state index contributed by atoms with van der Waals surface area (Å²) >= 11 is 0. The minimum absolute atomic E-state index is 0.551. The Morgan fingerprint density at radius 3 is 3.06 bits per heavy atom. The van der Waals surface area contributed by atoms with Crippen LogP contribution in [0.25, 0.3) is 0 Å². The molecule has 0 bridgehead atoms. The molecular weight excluding hydrogens is 226 g/mol. The maximum Gasteiger partial charge on any atom is 0.0593 e. The predicted octanol–water partition coefficient (Wildman–Crippen LogP) is 1.40. The fourth-order valence-corrected chi connectivity index (χ4v) is 1.89. The van der Waals surface area contributed by atoms with Gasteiger partial charge in [0.25, 0.3) is 0 Å². The van der Waals surface area contributed by atoms with E-state index in [0.717, 1.165) is 43.5 Å². The van der Waals surface area contributed by atoms with Crippen molar-refractivity contribution in [1.29, 1.82) is 0 Å². The van der Waals surface area contributed by atoms with Gasteiger partial charge in [-0.1, -0.05) is 6.07 Å². The molecule has 18 heavy (non-hydrogen) atoms. The monoisotopic (exact) mass is 249 g/mol. The second-order valence-corrected chi connectivity index (χ2v) is 5.07. The smallest absolute Gasteiger partial charge is 0.0593 e. The van der Waals surface area contributed by atoms with Gasteiger partial charge < -0.3 is 10.5 Å². The topological polar surface area (TPSA) is 51.4 Å². The van der Waals surface area contributed by atoms with E-state index in [1.54, 1.807) is 0 Å². The van der Waals surface area contributed by atoms with Crippen LogP contribution in [-0.4, -0.2) is 36.7 Å². The Bertz CT molecular complexity index is 366. The van der Waals surface area contributed by atoms with Crippen molar-refractivity contribution in [2.24, 2.45) is 11.7 Å². The van der Waals surface area contributed by atoms with E-state index >= 15 is 0 Å². The number of rotatable bonds is 8. The van der Waals surface area contributed by atoms with Gasteiger partial charge in [-0.3, -0.25) is 9.88 Å². The highest BCUT2D eigenvalue weighted by molar-refractivity contribution is 5.19. The Balaban J connectivity index is 1.70. The largest absolute Gasteiger partial charge is 0.380 e. The quantitative estimate of drug-likeness (QED) is 0.708. The van der Waals surface area contributed by atoms with Crippen molar-refractivity contribution in [2.75, 3.05) is 26.8 Å². The summed E-state index contributed by atoms with van der Waals surface area (Å²) in [4.78, 5) is 6.62. The fraction of sp³-hybridized carbons (Fsp3) is 0.643. The van der Waals surface area contributed by atoms with Crippen molar-refractivity contribution in [2.45, 2.75) is 25.9 Å². The lowest BCUT2D eigenvalue weighted by Crippen LogP contribution is -2.24. The first-order chi connectivity index (χ1) is 8.79. The summed E-state index contributed by atoms with van der Waals surface area (Å²) in [5.41, 5.74) is 7.91. The molecule has 0 atom stereocenters. The summed E-state index contributed by atoms with van der Waals surface area (Å²) in [5, 5.41) is 0. The SMILES string of the molecule is CN(CCOCC1CC1)Cc1ncccc1CN. The van der Waals surface area contributed by atoms with Crippen molar-refractivity contribution in [1.82, 2.24) is 9.88 Å². The summed E-state index contributed by atoms with van der Waals surface area (Å²) in [5.74, 6) is 0.843. The van der Waals surface area contributed by atoms with Crippen molar-refractivity contribution in [3.63, 3.8) is 0 Å². The first kappa shape index (κ1) is 13.5. The fourth-order valence-electron chi connectivity index (χ4n) is 1.89. The molecule has 0 aliphatic heterocycles. The van der Waals surface area contributed by atoms with Gasteiger partial charge in [-0.2, -0.15) is 0 Å². The third-order valence-corrected chi connectivity index (χ3v) is 3.29. The molecule has 4 heteroatoms. The lowest BCUT2D eigenvalue weighted by Gasteiger charge is -2.17. The van der Waals surface area contributed by atoms with E-state index in [-0.39, 0.29) is 0 Å². The number of hydrogen-bond acceptors (Lipinski definition) is 4. The van der Waals surface area contributed by atoms with E-state index in [9.17, 15) is 0 Å². The molecule has 1 aliphatic rings. The highest BCUT2D eigenvalue weighted by atomic mass is 16.5. The zero-order valence-electron chi connectivity index (χ0n) is 11.1. The number of pyridine rings is 1. The van der Waals surface area contributed by atoms with Crippen LogP contribution in [-0.2, 0) is 17.8 Å². The number of likely N-dealkylation sites (N-methyl/N-ethyl adjacent to an activating group) is 1. The van der Waals surface area contributed by atoms with Crippen LogP contribution >= 0.6 is 0 Å². The van der Waals surface area contributed by atoms with E-state index in [1.165, 1.54) is 12.8 Å². The van der Waals surface area contributed by atoms with E-state index in [1.807, 2.05) is 18.3 Å². The minimum atomic E-state index is 0.551. The summed E-state index contributed by atoms with van der Waals surface area (Å²) in [7, 11) is 2.09. The number of hydrogen-bond donors (Lipinski definition) is 1. The van der Waals surface area contributed by atoms with Gasteiger partial charge in [0, 0.05) is 32.4 Å². The van der Waals surface area contributed by atoms with Crippen LogP contribution in [0, 0.1) is 5.92 Å². The molecule has 1 aromatic heterocycles. The van der Waals surface area contributed by atoms with Gasteiger partial charge >= 0.3 is 0 Å². The Kier molecular flexibility index (Phi) is 5.11. The Morgan fingerprint density at radius 2 is 2.33 bits per heavy atom. The van der Waals surface area contributed by atoms with Crippen LogP contribution in [0.5, 0.6) is 0 Å². The van der Waals surface area contributed by atoms with Crippen LogP contribution in [0.15, 0.2) is 18.3 Å². The number of nitrogens with zero attached hydrogens (tertiary/aromatic N) is 2. The average molecular weight is 249 g/mol. The zero-order valence-corrected chi connectivity index (χ0v) is 11.1. The molecule has 1 aromatic rings. The first-order valence-electron chi connectivity index (χ1n) is 6.68. The Morgan fingerprint density at radius 1 is 1.50 bits per heavy atom. The van der Waals surface area contributed by atoms with Crippen molar-refractivity contribution in [3.8, 4) is 0 Å². The minimum Gasteiger partial charge on any atom is -0.380 e. The molecule has 1 aliphatic carbocycles. The maximum absolute atomic E-state index is 5.71. The molecule has 1 fully saturated rings. The van der Waals surface area contributed by atoms with Gasteiger partial charge in [-0.15, -0.1) is 0 Å². The van der Waals surface area contributed by atoms with Gasteiger partial charge in [0.1, 0.15) is 0 Å². The summed E-state index contributed by atoms with van der Waals surface area (Å²) in [6.07, 6.45) is 4.53. The third-order valence-electron chi connectivity index (χ3n) is 3.29. The van der Waals surface area contributed by atoms with Crippen molar-refractivity contribution >= 4 is 0 Å². The molecule has 1 saturated carbocycles. The molecule has 0 saturated heterocycles. The van der Waals surface area contributed by atoms with E-state index in [2.05, 4.69) is 16.9 Å². The molecule has 0 radical (unpaired) electrons. The summed E-state index contributed by atoms with van der Waals surface area (Å²) in [6, 6.07) is 3.98. The molecule has 0 unspecified atom stereocenters. The normalized spacial score (nSPS) is 15.3. The second-order valence-electron chi connectivity index (χ2n) is 5.07. The van der Waals surface area contributed by atoms with E-state index in [4.69, 9.17) is 10.5 Å². The zero-order chi connectivity index (χ0) is 12.8. The molecular formula is C14H23N3O. The lowest BCUT2D eigenvalue weighted by molar-refractivity contribution is 0.101. The van der Waals surface area contributed by atoms with E-state index < -0.39 is 0 Å².